The van der Waals surface area contributed by atoms with Crippen molar-refractivity contribution >= 4 is 17.2 Å². The van der Waals surface area contributed by atoms with Crippen molar-refractivity contribution in [3.8, 4) is 0 Å². The normalized spacial score (nSPS) is 27.9. The average Bonchev–Trinajstić information content (AvgIpc) is 2.94. The fraction of sp³-hybridized carbons (Fsp3) is 0.722. The molecule has 2 fully saturated rings. The van der Waals surface area contributed by atoms with Crippen molar-refractivity contribution in [2.75, 3.05) is 32.7 Å². The topological polar surface area (TPSA) is 35.6 Å². The lowest BCUT2D eigenvalue weighted by Gasteiger charge is -2.40. The molecule has 0 aromatic carbocycles. The number of amides is 1. The van der Waals surface area contributed by atoms with E-state index < -0.39 is 0 Å². The van der Waals surface area contributed by atoms with Crippen LogP contribution in [0.15, 0.2) is 11.4 Å². The molecule has 3 heterocycles. The molecule has 0 radical (unpaired) electrons. The third-order valence-corrected chi connectivity index (χ3v) is 6.19. The van der Waals surface area contributed by atoms with Crippen LogP contribution in [-0.2, 0) is 4.79 Å². The Morgan fingerprint density at radius 2 is 2.17 bits per heavy atom. The van der Waals surface area contributed by atoms with Crippen molar-refractivity contribution in [1.29, 1.82) is 0 Å². The lowest BCUT2D eigenvalue weighted by molar-refractivity contribution is -0.139. The first-order valence-electron chi connectivity index (χ1n) is 8.86. The van der Waals surface area contributed by atoms with Gasteiger partial charge in [0.25, 0.3) is 0 Å². The zero-order valence-electron chi connectivity index (χ0n) is 14.5. The van der Waals surface area contributed by atoms with Crippen molar-refractivity contribution in [3.63, 3.8) is 0 Å². The van der Waals surface area contributed by atoms with Crippen LogP contribution in [0.1, 0.15) is 43.2 Å². The predicted molar refractivity (Wildman–Crippen MR) is 95.8 cm³/mol. The van der Waals surface area contributed by atoms with E-state index in [1.165, 1.54) is 16.9 Å². The number of rotatable bonds is 3. The molecule has 3 rings (SSSR count). The minimum atomic E-state index is -0.0927. The molecule has 128 valence electrons. The van der Waals surface area contributed by atoms with Gasteiger partial charge in [0.1, 0.15) is 6.04 Å². The number of carbonyl (C=O) groups is 1. The Balaban J connectivity index is 1.85. The smallest absolute Gasteiger partial charge is 0.245 e. The van der Waals surface area contributed by atoms with Gasteiger partial charge >= 0.3 is 0 Å². The third kappa shape index (κ3) is 3.78. The summed E-state index contributed by atoms with van der Waals surface area (Å²) in [4.78, 5) is 19.1. The Bertz CT molecular complexity index is 544. The van der Waals surface area contributed by atoms with Crippen LogP contribution in [0.25, 0.3) is 0 Å². The van der Waals surface area contributed by atoms with Gasteiger partial charge in [0.15, 0.2) is 0 Å². The first-order valence-corrected chi connectivity index (χ1v) is 9.74. The van der Waals surface area contributed by atoms with E-state index in [9.17, 15) is 4.79 Å². The lowest BCUT2D eigenvalue weighted by atomic mass is 9.98. The molecule has 0 spiro atoms. The van der Waals surface area contributed by atoms with E-state index in [1.54, 1.807) is 11.3 Å². The van der Waals surface area contributed by atoms with E-state index >= 15 is 0 Å². The first-order chi connectivity index (χ1) is 11.1. The predicted octanol–water partition coefficient (Wildman–Crippen LogP) is 2.65. The number of carbonyl (C=O) groups excluding carboxylic acids is 1. The van der Waals surface area contributed by atoms with Gasteiger partial charge in [-0.15, -0.1) is 11.3 Å². The number of nitrogens with one attached hydrogen (secondary N) is 1. The number of hydrogen-bond donors (Lipinski definition) is 1. The molecule has 3 atom stereocenters. The van der Waals surface area contributed by atoms with Gasteiger partial charge in [-0.2, -0.15) is 0 Å². The van der Waals surface area contributed by atoms with Gasteiger partial charge in [-0.3, -0.25) is 9.69 Å². The Labute approximate surface area is 143 Å². The summed E-state index contributed by atoms with van der Waals surface area (Å²) in [6.45, 7) is 11.3. The zero-order chi connectivity index (χ0) is 16.4. The molecule has 2 aliphatic rings. The lowest BCUT2D eigenvalue weighted by Crippen LogP contribution is -2.54. The fourth-order valence-corrected chi connectivity index (χ4v) is 4.91. The highest BCUT2D eigenvalue weighted by atomic mass is 32.1. The number of aryl methyl sites for hydroxylation is 1. The zero-order valence-corrected chi connectivity index (χ0v) is 15.4. The number of nitrogens with zero attached hydrogens (tertiary/aromatic N) is 2. The van der Waals surface area contributed by atoms with Gasteiger partial charge in [0.05, 0.1) is 0 Å². The second-order valence-electron chi connectivity index (χ2n) is 7.25. The SMILES string of the molecule is Cc1ccsc1C(C(=O)N1CCCC(C)C1)N1CCNC(C)C1. The molecule has 1 N–H and O–H groups in total. The Hall–Kier alpha value is -0.910. The first kappa shape index (κ1) is 16.9. The molecule has 2 saturated heterocycles. The van der Waals surface area contributed by atoms with Gasteiger partial charge < -0.3 is 10.2 Å². The summed E-state index contributed by atoms with van der Waals surface area (Å²) in [5.74, 6) is 0.941. The molecule has 1 amide bonds. The van der Waals surface area contributed by atoms with Crippen molar-refractivity contribution in [1.82, 2.24) is 15.1 Å². The van der Waals surface area contributed by atoms with Crippen molar-refractivity contribution in [3.05, 3.63) is 21.9 Å². The quantitative estimate of drug-likeness (QED) is 0.922. The summed E-state index contributed by atoms with van der Waals surface area (Å²) in [5, 5.41) is 5.61. The summed E-state index contributed by atoms with van der Waals surface area (Å²) in [7, 11) is 0. The van der Waals surface area contributed by atoms with Gasteiger partial charge in [-0.1, -0.05) is 6.92 Å². The highest BCUT2D eigenvalue weighted by Gasteiger charge is 2.36. The van der Waals surface area contributed by atoms with Crippen molar-refractivity contribution < 1.29 is 4.79 Å². The molecule has 0 saturated carbocycles. The standard InChI is InChI=1S/C18H29N3OS/c1-13-5-4-8-21(11-13)18(22)16(17-14(2)6-10-23-17)20-9-7-19-15(3)12-20/h6,10,13,15-16,19H,4-5,7-9,11-12H2,1-3H3. The number of hydrogen-bond acceptors (Lipinski definition) is 4. The van der Waals surface area contributed by atoms with E-state index in [1.807, 2.05) is 0 Å². The number of thiophene rings is 1. The van der Waals surface area contributed by atoms with E-state index in [-0.39, 0.29) is 6.04 Å². The van der Waals surface area contributed by atoms with Crippen molar-refractivity contribution in [2.45, 2.75) is 45.7 Å². The Morgan fingerprint density at radius 3 is 2.83 bits per heavy atom. The van der Waals surface area contributed by atoms with Crippen LogP contribution >= 0.6 is 11.3 Å². The second kappa shape index (κ2) is 7.32. The van der Waals surface area contributed by atoms with Crippen LogP contribution in [0.3, 0.4) is 0 Å². The highest BCUT2D eigenvalue weighted by Crippen LogP contribution is 2.32. The largest absolute Gasteiger partial charge is 0.341 e. The average molecular weight is 336 g/mol. The van der Waals surface area contributed by atoms with E-state index in [2.05, 4.69) is 47.3 Å². The van der Waals surface area contributed by atoms with E-state index in [4.69, 9.17) is 0 Å². The van der Waals surface area contributed by atoms with Crippen LogP contribution in [0.4, 0.5) is 0 Å². The van der Waals surface area contributed by atoms with Gasteiger partial charge in [0, 0.05) is 43.6 Å². The minimum absolute atomic E-state index is 0.0927. The van der Waals surface area contributed by atoms with Gasteiger partial charge in [0.2, 0.25) is 5.91 Å². The van der Waals surface area contributed by atoms with Gasteiger partial charge in [-0.25, -0.2) is 0 Å². The molecule has 5 heteroatoms. The van der Waals surface area contributed by atoms with Crippen LogP contribution in [0.2, 0.25) is 0 Å². The summed E-state index contributed by atoms with van der Waals surface area (Å²) in [6.07, 6.45) is 2.39. The number of piperazine rings is 1. The summed E-state index contributed by atoms with van der Waals surface area (Å²) >= 11 is 1.74. The maximum Gasteiger partial charge on any atom is 0.245 e. The molecule has 3 unspecified atom stereocenters. The number of likely N-dealkylation sites (tertiary alicyclic amines) is 1. The Morgan fingerprint density at radius 1 is 1.35 bits per heavy atom. The molecule has 4 nitrogen and oxygen atoms in total. The van der Waals surface area contributed by atoms with Gasteiger partial charge in [-0.05, 0) is 49.6 Å². The number of piperidine rings is 1. The summed E-state index contributed by atoms with van der Waals surface area (Å²) in [5.41, 5.74) is 1.25. The molecular weight excluding hydrogens is 306 g/mol. The summed E-state index contributed by atoms with van der Waals surface area (Å²) < 4.78 is 0. The molecule has 2 aliphatic heterocycles. The monoisotopic (exact) mass is 335 g/mol. The molecule has 0 bridgehead atoms. The van der Waals surface area contributed by atoms with Crippen molar-refractivity contribution in [2.24, 2.45) is 5.92 Å². The third-order valence-electron chi connectivity index (χ3n) is 5.12. The molecule has 1 aromatic heterocycles. The fourth-order valence-electron chi connectivity index (χ4n) is 3.86. The van der Waals surface area contributed by atoms with Crippen LogP contribution in [0, 0.1) is 12.8 Å². The van der Waals surface area contributed by atoms with E-state index in [0.717, 1.165) is 39.1 Å². The van der Waals surface area contributed by atoms with Crippen LogP contribution in [0.5, 0.6) is 0 Å². The molecule has 0 aliphatic carbocycles. The maximum absolute atomic E-state index is 13.4. The van der Waals surface area contributed by atoms with Crippen LogP contribution in [-0.4, -0.2) is 54.5 Å². The minimum Gasteiger partial charge on any atom is -0.341 e. The second-order valence-corrected chi connectivity index (χ2v) is 8.20. The molecule has 23 heavy (non-hydrogen) atoms. The van der Waals surface area contributed by atoms with Crippen LogP contribution < -0.4 is 5.32 Å². The summed E-state index contributed by atoms with van der Waals surface area (Å²) in [6, 6.07) is 2.49. The molecular formula is C18H29N3OS. The molecule has 1 aromatic rings. The maximum atomic E-state index is 13.4. The van der Waals surface area contributed by atoms with E-state index in [0.29, 0.717) is 17.9 Å². The highest BCUT2D eigenvalue weighted by molar-refractivity contribution is 7.10. The Kier molecular flexibility index (Phi) is 5.39.